The minimum absolute atomic E-state index is 0.138. The molecule has 2 heterocycles. The normalized spacial score (nSPS) is 19.6. The summed E-state index contributed by atoms with van der Waals surface area (Å²) in [6.07, 6.45) is 1.71. The first-order valence-electron chi connectivity index (χ1n) is 5.43. The molecular formula is C11H15BrFN3. The van der Waals surface area contributed by atoms with Gasteiger partial charge in [0.1, 0.15) is 11.3 Å². The van der Waals surface area contributed by atoms with Gasteiger partial charge in [-0.05, 0) is 33.6 Å². The fourth-order valence-corrected chi connectivity index (χ4v) is 2.40. The van der Waals surface area contributed by atoms with E-state index in [1.165, 1.54) is 0 Å². The number of halogens is 2. The number of nitrogens with zero attached hydrogens (tertiary/aromatic N) is 2. The summed E-state index contributed by atoms with van der Waals surface area (Å²) in [5.41, 5.74) is 0.992. The molecule has 16 heavy (non-hydrogen) atoms. The molecule has 0 bridgehead atoms. The predicted octanol–water partition coefficient (Wildman–Crippen LogP) is 1.76. The Morgan fingerprint density at radius 3 is 2.88 bits per heavy atom. The van der Waals surface area contributed by atoms with Crippen LogP contribution < -0.4 is 5.32 Å². The Balaban J connectivity index is 2.14. The number of rotatable bonds is 3. The molecule has 88 valence electrons. The fraction of sp³-hybridized carbons (Fsp3) is 0.545. The van der Waals surface area contributed by atoms with Gasteiger partial charge in [-0.25, -0.2) is 9.37 Å². The summed E-state index contributed by atoms with van der Waals surface area (Å²) in [6.45, 7) is 3.31. The Kier molecular flexibility index (Phi) is 4.26. The molecule has 1 N–H and O–H groups in total. The minimum atomic E-state index is -0.351. The van der Waals surface area contributed by atoms with Gasteiger partial charge >= 0.3 is 0 Å². The minimum Gasteiger partial charge on any atom is -0.314 e. The number of pyridine rings is 1. The molecule has 1 saturated heterocycles. The smallest absolute Gasteiger partial charge is 0.109 e. The van der Waals surface area contributed by atoms with Crippen LogP contribution in [0.4, 0.5) is 4.39 Å². The van der Waals surface area contributed by atoms with Crippen LogP contribution >= 0.6 is 15.9 Å². The van der Waals surface area contributed by atoms with Crippen LogP contribution in [0.15, 0.2) is 22.9 Å². The van der Waals surface area contributed by atoms with Crippen LogP contribution in [-0.4, -0.2) is 42.7 Å². The summed E-state index contributed by atoms with van der Waals surface area (Å²) in [5, 5.41) is 3.27. The maximum atomic E-state index is 13.2. The molecule has 1 aromatic heterocycles. The number of hydrogen-bond acceptors (Lipinski definition) is 3. The lowest BCUT2D eigenvalue weighted by Crippen LogP contribution is -2.45. The summed E-state index contributed by atoms with van der Waals surface area (Å²) in [4.78, 5) is 6.24. The first-order valence-corrected chi connectivity index (χ1v) is 6.23. The molecule has 1 fully saturated rings. The van der Waals surface area contributed by atoms with Crippen molar-refractivity contribution in [3.8, 4) is 0 Å². The highest BCUT2D eigenvalue weighted by Crippen LogP contribution is 2.23. The van der Waals surface area contributed by atoms with Crippen LogP contribution in [0.25, 0.3) is 0 Å². The highest BCUT2D eigenvalue weighted by Gasteiger charge is 2.22. The van der Waals surface area contributed by atoms with Gasteiger partial charge in [-0.1, -0.05) is 0 Å². The molecule has 0 saturated carbocycles. The van der Waals surface area contributed by atoms with Crippen molar-refractivity contribution in [1.82, 2.24) is 15.2 Å². The molecule has 1 aliphatic rings. The topological polar surface area (TPSA) is 28.2 Å². The Bertz CT molecular complexity index is 342. The van der Waals surface area contributed by atoms with Crippen molar-refractivity contribution in [2.45, 2.75) is 6.04 Å². The van der Waals surface area contributed by atoms with E-state index in [9.17, 15) is 4.39 Å². The van der Waals surface area contributed by atoms with E-state index in [1.54, 1.807) is 6.20 Å². The van der Waals surface area contributed by atoms with E-state index >= 15 is 0 Å². The molecule has 1 aromatic rings. The second-order valence-corrected chi connectivity index (χ2v) is 4.68. The average Bonchev–Trinajstić information content (AvgIpc) is 2.31. The molecule has 0 unspecified atom stereocenters. The molecule has 5 heteroatoms. The van der Waals surface area contributed by atoms with E-state index < -0.39 is 0 Å². The van der Waals surface area contributed by atoms with Gasteiger partial charge in [0, 0.05) is 32.4 Å². The van der Waals surface area contributed by atoms with Gasteiger partial charge in [0.15, 0.2) is 0 Å². The van der Waals surface area contributed by atoms with Crippen molar-refractivity contribution in [3.05, 3.63) is 28.5 Å². The summed E-state index contributed by atoms with van der Waals surface area (Å²) >= 11 is 3.32. The fourth-order valence-electron chi connectivity index (χ4n) is 2.02. The first kappa shape index (κ1) is 12.0. The lowest BCUT2D eigenvalue weighted by Gasteiger charge is -2.33. The van der Waals surface area contributed by atoms with Gasteiger partial charge in [-0.3, -0.25) is 4.90 Å². The highest BCUT2D eigenvalue weighted by molar-refractivity contribution is 9.10. The maximum absolute atomic E-state index is 13.2. The van der Waals surface area contributed by atoms with Crippen molar-refractivity contribution in [2.75, 3.05) is 32.9 Å². The van der Waals surface area contributed by atoms with Crippen LogP contribution in [-0.2, 0) is 0 Å². The molecular weight excluding hydrogens is 273 g/mol. The summed E-state index contributed by atoms with van der Waals surface area (Å²) in [7, 11) is 0. The van der Waals surface area contributed by atoms with E-state index in [4.69, 9.17) is 0 Å². The first-order chi connectivity index (χ1) is 7.81. The summed E-state index contributed by atoms with van der Waals surface area (Å²) in [6, 6.07) is 3.64. The van der Waals surface area contributed by atoms with Crippen molar-refractivity contribution in [2.24, 2.45) is 0 Å². The Hall–Kier alpha value is -0.520. The van der Waals surface area contributed by atoms with Gasteiger partial charge in [0.05, 0.1) is 6.04 Å². The zero-order chi connectivity index (χ0) is 11.4. The quantitative estimate of drug-likeness (QED) is 0.859. The number of nitrogens with one attached hydrogen (secondary N) is 1. The standard InChI is InChI=1S/C11H15BrFN3/c12-11-7-9(1-2-15-11)10(8-13)16-5-3-14-4-6-16/h1-2,7,10,14H,3-6,8H2/t10-/m0/s1. The van der Waals surface area contributed by atoms with Gasteiger partial charge in [-0.15, -0.1) is 0 Å². The van der Waals surface area contributed by atoms with Crippen LogP contribution in [0, 0.1) is 0 Å². The molecule has 1 atom stereocenters. The second-order valence-electron chi connectivity index (χ2n) is 3.87. The van der Waals surface area contributed by atoms with Gasteiger partial charge in [0.2, 0.25) is 0 Å². The molecule has 0 amide bonds. The average molecular weight is 288 g/mol. The highest BCUT2D eigenvalue weighted by atomic mass is 79.9. The Labute approximate surface area is 103 Å². The van der Waals surface area contributed by atoms with E-state index in [0.717, 1.165) is 36.3 Å². The van der Waals surface area contributed by atoms with Gasteiger partial charge in [-0.2, -0.15) is 0 Å². The van der Waals surface area contributed by atoms with Crippen LogP contribution in [0.1, 0.15) is 11.6 Å². The van der Waals surface area contributed by atoms with E-state index in [2.05, 4.69) is 31.1 Å². The third-order valence-electron chi connectivity index (χ3n) is 2.87. The molecule has 1 aliphatic heterocycles. The number of hydrogen-bond donors (Lipinski definition) is 1. The number of alkyl halides is 1. The Morgan fingerprint density at radius 2 is 2.25 bits per heavy atom. The third kappa shape index (κ3) is 2.78. The zero-order valence-corrected chi connectivity index (χ0v) is 10.6. The van der Waals surface area contributed by atoms with Gasteiger partial charge < -0.3 is 5.32 Å². The zero-order valence-electron chi connectivity index (χ0n) is 9.00. The lowest BCUT2D eigenvalue weighted by atomic mass is 10.1. The summed E-state index contributed by atoms with van der Waals surface area (Å²) in [5.74, 6) is 0. The van der Waals surface area contributed by atoms with Gasteiger partial charge in [0.25, 0.3) is 0 Å². The van der Waals surface area contributed by atoms with E-state index in [1.807, 2.05) is 12.1 Å². The Morgan fingerprint density at radius 1 is 1.50 bits per heavy atom. The van der Waals surface area contributed by atoms with E-state index in [0.29, 0.717) is 0 Å². The monoisotopic (exact) mass is 287 g/mol. The van der Waals surface area contributed by atoms with Crippen LogP contribution in [0.2, 0.25) is 0 Å². The number of aromatic nitrogens is 1. The SMILES string of the molecule is FC[C@@H](c1ccnc(Br)c1)N1CCNCC1. The van der Waals surface area contributed by atoms with Crippen LogP contribution in [0.3, 0.4) is 0 Å². The molecule has 0 aromatic carbocycles. The molecule has 2 rings (SSSR count). The lowest BCUT2D eigenvalue weighted by molar-refractivity contribution is 0.147. The molecule has 3 nitrogen and oxygen atoms in total. The van der Waals surface area contributed by atoms with Crippen molar-refractivity contribution < 1.29 is 4.39 Å². The molecule has 0 spiro atoms. The molecule has 0 radical (unpaired) electrons. The summed E-state index contributed by atoms with van der Waals surface area (Å²) < 4.78 is 13.9. The van der Waals surface area contributed by atoms with E-state index in [-0.39, 0.29) is 12.7 Å². The van der Waals surface area contributed by atoms with Crippen molar-refractivity contribution >= 4 is 15.9 Å². The third-order valence-corrected chi connectivity index (χ3v) is 3.31. The predicted molar refractivity (Wildman–Crippen MR) is 65.1 cm³/mol. The van der Waals surface area contributed by atoms with Crippen molar-refractivity contribution in [3.63, 3.8) is 0 Å². The number of piperazine rings is 1. The second kappa shape index (κ2) is 5.70. The molecule has 0 aliphatic carbocycles. The largest absolute Gasteiger partial charge is 0.314 e. The van der Waals surface area contributed by atoms with Crippen LogP contribution in [0.5, 0.6) is 0 Å². The maximum Gasteiger partial charge on any atom is 0.109 e. The van der Waals surface area contributed by atoms with Crippen molar-refractivity contribution in [1.29, 1.82) is 0 Å².